The van der Waals surface area contributed by atoms with Crippen molar-refractivity contribution in [3.05, 3.63) is 36.0 Å². The molecule has 2 heteroatoms. The predicted octanol–water partition coefficient (Wildman–Crippen LogP) is 3.13. The summed E-state index contributed by atoms with van der Waals surface area (Å²) in [6, 6.07) is 11.1. The van der Waals surface area contributed by atoms with Crippen LogP contribution in [0.4, 0.5) is 0 Å². The Labute approximate surface area is 103 Å². The maximum absolute atomic E-state index is 3.45. The molecular weight excluding hydrogens is 208 g/mol. The Morgan fingerprint density at radius 2 is 2.00 bits per heavy atom. The summed E-state index contributed by atoms with van der Waals surface area (Å²) in [6.07, 6.45) is 2.55. The van der Waals surface area contributed by atoms with Gasteiger partial charge in [0.15, 0.2) is 0 Å². The van der Waals surface area contributed by atoms with E-state index in [1.807, 2.05) is 0 Å². The van der Waals surface area contributed by atoms with Crippen molar-refractivity contribution >= 4 is 10.9 Å². The summed E-state index contributed by atoms with van der Waals surface area (Å²) in [7, 11) is 0. The smallest absolute Gasteiger partial charge is 0.0482 e. The van der Waals surface area contributed by atoms with Crippen molar-refractivity contribution in [1.82, 2.24) is 9.88 Å². The number of fused-ring (bicyclic) bond motifs is 1. The van der Waals surface area contributed by atoms with E-state index in [1.165, 1.54) is 29.4 Å². The number of benzene rings is 1. The van der Waals surface area contributed by atoms with Crippen molar-refractivity contribution in [3.63, 3.8) is 0 Å². The van der Waals surface area contributed by atoms with Gasteiger partial charge in [-0.1, -0.05) is 18.2 Å². The van der Waals surface area contributed by atoms with Crippen molar-refractivity contribution in [3.8, 4) is 0 Å². The van der Waals surface area contributed by atoms with Gasteiger partial charge in [-0.2, -0.15) is 0 Å². The van der Waals surface area contributed by atoms with E-state index in [9.17, 15) is 0 Å². The van der Waals surface area contributed by atoms with Gasteiger partial charge in [0, 0.05) is 23.7 Å². The average Bonchev–Trinajstić information content (AvgIpc) is 2.78. The zero-order valence-corrected chi connectivity index (χ0v) is 10.4. The second-order valence-electron chi connectivity index (χ2n) is 4.90. The SMILES string of the molecule is CCn1c(C2CCNCC2)cc2ccccc21. The summed E-state index contributed by atoms with van der Waals surface area (Å²) in [5, 5.41) is 4.84. The molecule has 1 aliphatic rings. The number of piperidine rings is 1. The number of para-hydroxylation sites is 1. The zero-order valence-electron chi connectivity index (χ0n) is 10.4. The minimum Gasteiger partial charge on any atom is -0.345 e. The van der Waals surface area contributed by atoms with E-state index in [4.69, 9.17) is 0 Å². The van der Waals surface area contributed by atoms with E-state index in [-0.39, 0.29) is 0 Å². The summed E-state index contributed by atoms with van der Waals surface area (Å²) in [5.41, 5.74) is 2.93. The second kappa shape index (κ2) is 4.53. The molecule has 0 radical (unpaired) electrons. The van der Waals surface area contributed by atoms with Crippen LogP contribution in [0.25, 0.3) is 10.9 Å². The number of hydrogen-bond donors (Lipinski definition) is 1. The van der Waals surface area contributed by atoms with Gasteiger partial charge in [-0.25, -0.2) is 0 Å². The number of nitrogens with one attached hydrogen (secondary N) is 1. The normalized spacial score (nSPS) is 17.7. The second-order valence-corrected chi connectivity index (χ2v) is 4.90. The molecule has 0 saturated carbocycles. The Kier molecular flexibility index (Phi) is 2.89. The first kappa shape index (κ1) is 10.8. The van der Waals surface area contributed by atoms with Crippen LogP contribution < -0.4 is 5.32 Å². The van der Waals surface area contributed by atoms with E-state index in [0.29, 0.717) is 0 Å². The molecule has 1 fully saturated rings. The van der Waals surface area contributed by atoms with Crippen molar-refractivity contribution in [1.29, 1.82) is 0 Å². The van der Waals surface area contributed by atoms with Gasteiger partial charge in [0.25, 0.3) is 0 Å². The molecule has 3 rings (SSSR count). The van der Waals surface area contributed by atoms with Crippen LogP contribution in [0, 0.1) is 0 Å². The minimum atomic E-state index is 0.739. The number of aromatic nitrogens is 1. The highest BCUT2D eigenvalue weighted by molar-refractivity contribution is 5.81. The number of rotatable bonds is 2. The Morgan fingerprint density at radius 1 is 1.24 bits per heavy atom. The lowest BCUT2D eigenvalue weighted by molar-refractivity contribution is 0.442. The summed E-state index contributed by atoms with van der Waals surface area (Å²) < 4.78 is 2.49. The first-order valence-electron chi connectivity index (χ1n) is 6.69. The van der Waals surface area contributed by atoms with Gasteiger partial charge >= 0.3 is 0 Å². The van der Waals surface area contributed by atoms with Crippen LogP contribution in [0.15, 0.2) is 30.3 Å². The maximum atomic E-state index is 3.45. The van der Waals surface area contributed by atoms with Gasteiger partial charge in [-0.05, 0) is 50.4 Å². The molecule has 1 N–H and O–H groups in total. The van der Waals surface area contributed by atoms with Crippen LogP contribution in [0.2, 0.25) is 0 Å². The summed E-state index contributed by atoms with van der Waals surface area (Å²) in [4.78, 5) is 0. The molecule has 2 heterocycles. The molecule has 1 aromatic heterocycles. The van der Waals surface area contributed by atoms with Crippen LogP contribution in [-0.2, 0) is 6.54 Å². The lowest BCUT2D eigenvalue weighted by atomic mass is 9.94. The molecule has 1 saturated heterocycles. The maximum Gasteiger partial charge on any atom is 0.0482 e. The fourth-order valence-corrected chi connectivity index (χ4v) is 3.04. The molecule has 0 amide bonds. The van der Waals surface area contributed by atoms with Crippen molar-refractivity contribution in [2.24, 2.45) is 0 Å². The van der Waals surface area contributed by atoms with Gasteiger partial charge < -0.3 is 9.88 Å². The van der Waals surface area contributed by atoms with E-state index in [2.05, 4.69) is 47.1 Å². The predicted molar refractivity (Wildman–Crippen MR) is 72.5 cm³/mol. The summed E-state index contributed by atoms with van der Waals surface area (Å²) in [6.45, 7) is 5.65. The molecule has 2 aromatic rings. The molecule has 1 aromatic carbocycles. The van der Waals surface area contributed by atoms with Crippen LogP contribution in [-0.4, -0.2) is 17.7 Å². The highest BCUT2D eigenvalue weighted by Crippen LogP contribution is 2.30. The lowest BCUT2D eigenvalue weighted by Gasteiger charge is -2.24. The molecule has 17 heavy (non-hydrogen) atoms. The highest BCUT2D eigenvalue weighted by Gasteiger charge is 2.19. The third-order valence-corrected chi connectivity index (χ3v) is 3.92. The van der Waals surface area contributed by atoms with Crippen LogP contribution >= 0.6 is 0 Å². The van der Waals surface area contributed by atoms with E-state index in [1.54, 1.807) is 0 Å². The van der Waals surface area contributed by atoms with Crippen LogP contribution in [0.3, 0.4) is 0 Å². The largest absolute Gasteiger partial charge is 0.345 e. The first-order valence-corrected chi connectivity index (χ1v) is 6.69. The van der Waals surface area contributed by atoms with Gasteiger partial charge in [-0.3, -0.25) is 0 Å². The average molecular weight is 228 g/mol. The van der Waals surface area contributed by atoms with E-state index < -0.39 is 0 Å². The van der Waals surface area contributed by atoms with Gasteiger partial charge in [0.05, 0.1) is 0 Å². The number of nitrogens with zero attached hydrogens (tertiary/aromatic N) is 1. The van der Waals surface area contributed by atoms with Crippen molar-refractivity contribution in [2.45, 2.75) is 32.2 Å². The van der Waals surface area contributed by atoms with Crippen LogP contribution in [0.5, 0.6) is 0 Å². The highest BCUT2D eigenvalue weighted by atomic mass is 15.0. The third-order valence-electron chi connectivity index (χ3n) is 3.92. The van der Waals surface area contributed by atoms with Gasteiger partial charge in [-0.15, -0.1) is 0 Å². The Bertz CT molecular complexity index is 507. The van der Waals surface area contributed by atoms with Crippen molar-refractivity contribution < 1.29 is 0 Å². The molecule has 0 unspecified atom stereocenters. The molecule has 90 valence electrons. The first-order chi connectivity index (χ1) is 8.40. The van der Waals surface area contributed by atoms with Crippen molar-refractivity contribution in [2.75, 3.05) is 13.1 Å². The molecule has 0 aliphatic carbocycles. The summed E-state index contributed by atoms with van der Waals surface area (Å²) in [5.74, 6) is 0.739. The standard InChI is InChI=1S/C15H20N2/c1-2-17-14-6-4-3-5-13(14)11-15(17)12-7-9-16-10-8-12/h3-6,11-12,16H,2,7-10H2,1H3. The van der Waals surface area contributed by atoms with Crippen LogP contribution in [0.1, 0.15) is 31.4 Å². The molecule has 0 spiro atoms. The van der Waals surface area contributed by atoms with E-state index in [0.717, 1.165) is 25.6 Å². The molecule has 1 aliphatic heterocycles. The van der Waals surface area contributed by atoms with Gasteiger partial charge in [0.1, 0.15) is 0 Å². The summed E-state index contributed by atoms with van der Waals surface area (Å²) >= 11 is 0. The molecule has 2 nitrogen and oxygen atoms in total. The zero-order chi connectivity index (χ0) is 11.7. The minimum absolute atomic E-state index is 0.739. The molecular formula is C15H20N2. The Hall–Kier alpha value is -1.28. The number of aryl methyl sites for hydroxylation is 1. The fourth-order valence-electron chi connectivity index (χ4n) is 3.04. The monoisotopic (exact) mass is 228 g/mol. The number of hydrogen-bond acceptors (Lipinski definition) is 1. The molecule has 0 atom stereocenters. The van der Waals surface area contributed by atoms with Gasteiger partial charge in [0.2, 0.25) is 0 Å². The lowest BCUT2D eigenvalue weighted by Crippen LogP contribution is -2.27. The molecule has 0 bridgehead atoms. The quantitative estimate of drug-likeness (QED) is 0.835. The Morgan fingerprint density at radius 3 is 2.76 bits per heavy atom. The Balaban J connectivity index is 2.08. The fraction of sp³-hybridized carbons (Fsp3) is 0.467. The van der Waals surface area contributed by atoms with E-state index >= 15 is 0 Å². The third kappa shape index (κ3) is 1.87. The topological polar surface area (TPSA) is 17.0 Å².